The third-order valence-electron chi connectivity index (χ3n) is 3.78. The number of halogens is 3. The molecule has 0 aliphatic carbocycles. The minimum absolute atomic E-state index is 0.0962. The van der Waals surface area contributed by atoms with Crippen molar-refractivity contribution in [3.05, 3.63) is 47.2 Å². The molecule has 0 radical (unpaired) electrons. The van der Waals surface area contributed by atoms with Crippen molar-refractivity contribution in [1.29, 1.82) is 0 Å². The van der Waals surface area contributed by atoms with E-state index in [0.717, 1.165) is 18.6 Å². The van der Waals surface area contributed by atoms with Crippen LogP contribution in [0.15, 0.2) is 28.7 Å². The van der Waals surface area contributed by atoms with Gasteiger partial charge in [0, 0.05) is 26.0 Å². The van der Waals surface area contributed by atoms with Gasteiger partial charge in [-0.2, -0.15) is 13.2 Å². The topological polar surface area (TPSA) is 77.2 Å². The molecule has 0 saturated carbocycles. The van der Waals surface area contributed by atoms with Crippen LogP contribution in [0.4, 0.5) is 13.2 Å². The van der Waals surface area contributed by atoms with Gasteiger partial charge in [-0.3, -0.25) is 4.79 Å². The molecule has 0 saturated heterocycles. The van der Waals surface area contributed by atoms with Gasteiger partial charge >= 0.3 is 6.18 Å². The number of alkyl halides is 3. The number of rotatable bonds is 10. The quantitative estimate of drug-likeness (QED) is 0.619. The molecule has 9 heteroatoms. The van der Waals surface area contributed by atoms with E-state index in [9.17, 15) is 18.0 Å². The van der Waals surface area contributed by atoms with Crippen LogP contribution >= 0.6 is 0 Å². The van der Waals surface area contributed by atoms with Crippen molar-refractivity contribution in [2.45, 2.75) is 51.8 Å². The number of hydrogen-bond donors (Lipinski definition) is 1. The lowest BCUT2D eigenvalue weighted by Crippen LogP contribution is -2.25. The Labute approximate surface area is 161 Å². The summed E-state index contributed by atoms with van der Waals surface area (Å²) in [4.78, 5) is 11.8. The smallest absolute Gasteiger partial charge is 0.416 e. The summed E-state index contributed by atoms with van der Waals surface area (Å²) in [5, 5.41) is 10.5. The average molecular weight is 399 g/mol. The minimum Gasteiger partial charge on any atom is -0.425 e. The van der Waals surface area contributed by atoms with Crippen molar-refractivity contribution >= 4 is 5.91 Å². The van der Waals surface area contributed by atoms with Gasteiger partial charge in [-0.05, 0) is 31.9 Å². The van der Waals surface area contributed by atoms with E-state index in [-0.39, 0.29) is 43.1 Å². The molecule has 0 bridgehead atoms. The van der Waals surface area contributed by atoms with Crippen molar-refractivity contribution in [2.24, 2.45) is 0 Å². The van der Waals surface area contributed by atoms with Gasteiger partial charge in [-0.15, -0.1) is 10.2 Å². The Bertz CT molecular complexity index is 760. The molecule has 6 nitrogen and oxygen atoms in total. The Morgan fingerprint density at radius 1 is 1.25 bits per heavy atom. The second-order valence-corrected chi connectivity index (χ2v) is 6.59. The Morgan fingerprint density at radius 2 is 2.00 bits per heavy atom. The van der Waals surface area contributed by atoms with Gasteiger partial charge in [-0.1, -0.05) is 18.2 Å². The largest absolute Gasteiger partial charge is 0.425 e. The number of amides is 1. The molecule has 1 amide bonds. The summed E-state index contributed by atoms with van der Waals surface area (Å²) >= 11 is 0. The fourth-order valence-electron chi connectivity index (χ4n) is 2.42. The molecular formula is C19H24F3N3O3. The summed E-state index contributed by atoms with van der Waals surface area (Å²) in [5.74, 6) is 0.350. The van der Waals surface area contributed by atoms with Crippen LogP contribution in [-0.4, -0.2) is 35.4 Å². The summed E-state index contributed by atoms with van der Waals surface area (Å²) in [5.41, 5.74) is -0.299. The highest BCUT2D eigenvalue weighted by molar-refractivity contribution is 5.75. The van der Waals surface area contributed by atoms with Crippen molar-refractivity contribution in [3.63, 3.8) is 0 Å². The summed E-state index contributed by atoms with van der Waals surface area (Å²) in [7, 11) is 0. The minimum atomic E-state index is -4.40. The first-order chi connectivity index (χ1) is 13.2. The van der Waals surface area contributed by atoms with Gasteiger partial charge in [0.2, 0.25) is 17.7 Å². The lowest BCUT2D eigenvalue weighted by molar-refractivity contribution is -0.137. The Balaban J connectivity index is 1.76. The molecule has 0 aliphatic heterocycles. The maximum atomic E-state index is 12.8. The summed E-state index contributed by atoms with van der Waals surface area (Å²) in [6.45, 7) is 5.01. The highest BCUT2D eigenvalue weighted by Crippen LogP contribution is 2.29. The number of carbonyl (C=O) groups excluding carboxylic acids is 1. The number of nitrogens with zero attached hydrogens (tertiary/aromatic N) is 2. The van der Waals surface area contributed by atoms with Crippen molar-refractivity contribution < 1.29 is 27.1 Å². The van der Waals surface area contributed by atoms with E-state index in [2.05, 4.69) is 15.5 Å². The summed E-state index contributed by atoms with van der Waals surface area (Å²) in [6.07, 6.45) is -2.95. The van der Waals surface area contributed by atoms with E-state index in [1.165, 1.54) is 6.07 Å². The Hall–Kier alpha value is -2.42. The zero-order chi connectivity index (χ0) is 20.6. The van der Waals surface area contributed by atoms with Crippen LogP contribution in [-0.2, 0) is 28.5 Å². The molecule has 0 unspecified atom stereocenters. The molecule has 0 atom stereocenters. The standard InChI is InChI=1S/C19H24F3N3O3/c1-13(2)27-10-4-9-23-16(26)7-8-17-24-25-18(28-17)12-14-5-3-6-15(11-14)19(20,21)22/h3,5-6,11,13H,4,7-10,12H2,1-2H3,(H,23,26). The van der Waals surface area contributed by atoms with Crippen LogP contribution in [0.5, 0.6) is 0 Å². The van der Waals surface area contributed by atoms with Crippen molar-refractivity contribution in [1.82, 2.24) is 15.5 Å². The number of aromatic nitrogens is 2. The normalized spacial score (nSPS) is 11.8. The number of benzene rings is 1. The maximum Gasteiger partial charge on any atom is 0.416 e. The second-order valence-electron chi connectivity index (χ2n) is 6.59. The molecular weight excluding hydrogens is 375 g/mol. The third kappa shape index (κ3) is 7.67. The van der Waals surface area contributed by atoms with E-state index >= 15 is 0 Å². The van der Waals surface area contributed by atoms with Gasteiger partial charge in [0.25, 0.3) is 0 Å². The molecule has 0 fully saturated rings. The molecule has 28 heavy (non-hydrogen) atoms. The van der Waals surface area contributed by atoms with Crippen LogP contribution in [0, 0.1) is 0 Å². The molecule has 0 spiro atoms. The van der Waals surface area contributed by atoms with Crippen molar-refractivity contribution in [3.8, 4) is 0 Å². The predicted molar refractivity (Wildman–Crippen MR) is 95.6 cm³/mol. The van der Waals surface area contributed by atoms with Gasteiger partial charge < -0.3 is 14.5 Å². The van der Waals surface area contributed by atoms with E-state index in [1.54, 1.807) is 6.07 Å². The van der Waals surface area contributed by atoms with Gasteiger partial charge in [-0.25, -0.2) is 0 Å². The average Bonchev–Trinajstić information content (AvgIpc) is 3.06. The molecule has 0 aliphatic rings. The number of carbonyl (C=O) groups is 1. The first-order valence-corrected chi connectivity index (χ1v) is 9.09. The fraction of sp³-hybridized carbons (Fsp3) is 0.526. The third-order valence-corrected chi connectivity index (χ3v) is 3.78. The summed E-state index contributed by atoms with van der Waals surface area (Å²) in [6, 6.07) is 4.97. The monoisotopic (exact) mass is 399 g/mol. The number of hydrogen-bond acceptors (Lipinski definition) is 5. The molecule has 154 valence electrons. The maximum absolute atomic E-state index is 12.8. The molecule has 1 N–H and O–H groups in total. The number of ether oxygens (including phenoxy) is 1. The summed E-state index contributed by atoms with van der Waals surface area (Å²) < 4.78 is 49.1. The zero-order valence-corrected chi connectivity index (χ0v) is 15.9. The molecule has 1 aromatic carbocycles. The van der Waals surface area contributed by atoms with Gasteiger partial charge in [0.1, 0.15) is 0 Å². The van der Waals surface area contributed by atoms with Crippen LogP contribution < -0.4 is 5.32 Å². The molecule has 2 aromatic rings. The van der Waals surface area contributed by atoms with Gasteiger partial charge in [0.05, 0.1) is 18.1 Å². The van der Waals surface area contributed by atoms with Crippen LogP contribution in [0.25, 0.3) is 0 Å². The van der Waals surface area contributed by atoms with Crippen LogP contribution in [0.3, 0.4) is 0 Å². The number of aryl methyl sites for hydroxylation is 1. The molecule has 2 rings (SSSR count). The van der Waals surface area contributed by atoms with Crippen LogP contribution in [0.1, 0.15) is 49.6 Å². The first-order valence-electron chi connectivity index (χ1n) is 9.09. The van der Waals surface area contributed by atoms with Crippen LogP contribution in [0.2, 0.25) is 0 Å². The lowest BCUT2D eigenvalue weighted by atomic mass is 10.1. The highest BCUT2D eigenvalue weighted by Gasteiger charge is 2.30. The Kier molecular flexibility index (Phi) is 7.98. The van der Waals surface area contributed by atoms with Crippen molar-refractivity contribution in [2.75, 3.05) is 13.2 Å². The highest BCUT2D eigenvalue weighted by atomic mass is 19.4. The van der Waals surface area contributed by atoms with Gasteiger partial charge in [0.15, 0.2) is 0 Å². The molecule has 1 heterocycles. The fourth-order valence-corrected chi connectivity index (χ4v) is 2.42. The SMILES string of the molecule is CC(C)OCCCNC(=O)CCc1nnc(Cc2cccc(C(F)(F)F)c2)o1. The van der Waals surface area contributed by atoms with E-state index in [1.807, 2.05) is 13.8 Å². The predicted octanol–water partition coefficient (Wildman–Crippen LogP) is 3.54. The first kappa shape index (κ1) is 21.9. The van der Waals surface area contributed by atoms with E-state index in [0.29, 0.717) is 18.7 Å². The zero-order valence-electron chi connectivity index (χ0n) is 15.9. The van der Waals surface area contributed by atoms with E-state index < -0.39 is 11.7 Å². The number of nitrogens with one attached hydrogen (secondary N) is 1. The Morgan fingerprint density at radius 3 is 2.71 bits per heavy atom. The molecule has 1 aromatic heterocycles. The van der Waals surface area contributed by atoms with E-state index in [4.69, 9.17) is 9.15 Å². The lowest BCUT2D eigenvalue weighted by Gasteiger charge is -2.08. The second kappa shape index (κ2) is 10.2.